The fraction of sp³-hybridized carbons (Fsp3) is 0.182. The maximum Gasteiger partial charge on any atom is 0.266 e. The van der Waals surface area contributed by atoms with Gasteiger partial charge in [0.05, 0.1) is 17.8 Å². The number of hydrogen-bond donors (Lipinski definition) is 0. The normalized spacial score (nSPS) is 14.1. The van der Waals surface area contributed by atoms with E-state index in [4.69, 9.17) is 0 Å². The molecule has 0 radical (unpaired) electrons. The average Bonchev–Trinajstić information content (AvgIpc) is 3.16. The Bertz CT molecular complexity index is 1210. The van der Waals surface area contributed by atoms with Gasteiger partial charge in [-0.15, -0.1) is 0 Å². The zero-order valence-electron chi connectivity index (χ0n) is 15.7. The molecule has 1 aliphatic rings. The summed E-state index contributed by atoms with van der Waals surface area (Å²) in [7, 11) is 0. The molecule has 5 heterocycles. The van der Waals surface area contributed by atoms with Crippen molar-refractivity contribution in [1.82, 2.24) is 24.1 Å². The van der Waals surface area contributed by atoms with Crippen molar-refractivity contribution >= 4 is 11.4 Å². The molecule has 0 N–H and O–H groups in total. The Kier molecular flexibility index (Phi) is 4.20. The molecule has 0 bridgehead atoms. The summed E-state index contributed by atoms with van der Waals surface area (Å²) in [4.78, 5) is 30.8. The van der Waals surface area contributed by atoms with Crippen molar-refractivity contribution in [2.24, 2.45) is 5.92 Å². The summed E-state index contributed by atoms with van der Waals surface area (Å²) in [6.07, 6.45) is 7.19. The van der Waals surface area contributed by atoms with E-state index in [1.165, 1.54) is 10.7 Å². The van der Waals surface area contributed by atoms with Crippen LogP contribution in [0, 0.1) is 5.92 Å². The largest absolute Gasteiger partial charge is 0.338 e. The van der Waals surface area contributed by atoms with Gasteiger partial charge in [-0.25, -0.2) is 4.68 Å². The van der Waals surface area contributed by atoms with Crippen LogP contribution in [-0.4, -0.2) is 43.1 Å². The second-order valence-electron chi connectivity index (χ2n) is 7.31. The van der Waals surface area contributed by atoms with Gasteiger partial charge in [-0.1, -0.05) is 6.07 Å². The standard InChI is InChI=1S/C22H19N5O2/c28-21-5-4-20(17-6-8-23-9-7-17)24-27(21)14-16-12-26(13-16)22(29)18-11-19-3-1-2-10-25(19)15-18/h1-11,15-16H,12-14H2. The van der Waals surface area contributed by atoms with Gasteiger partial charge in [-0.05, 0) is 36.4 Å². The summed E-state index contributed by atoms with van der Waals surface area (Å²) in [5.74, 6) is 0.240. The Morgan fingerprint density at radius 1 is 1.07 bits per heavy atom. The summed E-state index contributed by atoms with van der Waals surface area (Å²) in [5.41, 5.74) is 3.20. The highest BCUT2D eigenvalue weighted by Gasteiger charge is 2.32. The third-order valence-corrected chi connectivity index (χ3v) is 5.27. The van der Waals surface area contributed by atoms with Crippen LogP contribution >= 0.6 is 0 Å². The van der Waals surface area contributed by atoms with Gasteiger partial charge >= 0.3 is 0 Å². The highest BCUT2D eigenvalue weighted by atomic mass is 16.2. The van der Waals surface area contributed by atoms with E-state index in [-0.39, 0.29) is 17.4 Å². The summed E-state index contributed by atoms with van der Waals surface area (Å²) in [5, 5.41) is 4.49. The van der Waals surface area contributed by atoms with Crippen molar-refractivity contribution in [3.05, 3.63) is 89.2 Å². The summed E-state index contributed by atoms with van der Waals surface area (Å²) >= 11 is 0. The Hall–Kier alpha value is -3.74. The quantitative estimate of drug-likeness (QED) is 0.541. The van der Waals surface area contributed by atoms with E-state index in [0.717, 1.165) is 16.8 Å². The monoisotopic (exact) mass is 385 g/mol. The SMILES string of the molecule is O=C(c1cc2ccccn2c1)N1CC(Cn2nc(-c3ccncc3)ccc2=O)C1. The predicted octanol–water partition coefficient (Wildman–Crippen LogP) is 2.33. The van der Waals surface area contributed by atoms with Crippen molar-refractivity contribution in [3.8, 4) is 11.3 Å². The molecule has 4 aromatic heterocycles. The van der Waals surface area contributed by atoms with Gasteiger partial charge in [-0.3, -0.25) is 14.6 Å². The third kappa shape index (κ3) is 3.31. The highest BCUT2D eigenvalue weighted by Crippen LogP contribution is 2.22. The first-order valence-electron chi connectivity index (χ1n) is 9.52. The first kappa shape index (κ1) is 17.4. The molecule has 0 unspecified atom stereocenters. The van der Waals surface area contributed by atoms with Gasteiger partial charge in [0.1, 0.15) is 0 Å². The Balaban J connectivity index is 1.27. The van der Waals surface area contributed by atoms with Crippen LogP contribution in [0.15, 0.2) is 78.1 Å². The van der Waals surface area contributed by atoms with Crippen molar-refractivity contribution in [2.75, 3.05) is 13.1 Å². The van der Waals surface area contributed by atoms with Crippen LogP contribution in [0.2, 0.25) is 0 Å². The molecule has 5 rings (SSSR count). The zero-order chi connectivity index (χ0) is 19.8. The van der Waals surface area contributed by atoms with E-state index in [2.05, 4.69) is 10.1 Å². The van der Waals surface area contributed by atoms with Crippen LogP contribution < -0.4 is 5.56 Å². The molecule has 144 valence electrons. The number of amides is 1. The minimum absolute atomic E-state index is 0.0239. The molecular weight excluding hydrogens is 366 g/mol. The molecule has 0 aliphatic carbocycles. The van der Waals surface area contributed by atoms with Crippen molar-refractivity contribution in [1.29, 1.82) is 0 Å². The number of fused-ring (bicyclic) bond motifs is 1. The van der Waals surface area contributed by atoms with E-state index in [9.17, 15) is 9.59 Å². The molecule has 0 spiro atoms. The number of pyridine rings is 2. The summed E-state index contributed by atoms with van der Waals surface area (Å²) in [6.45, 7) is 1.75. The lowest BCUT2D eigenvalue weighted by atomic mass is 9.99. The van der Waals surface area contributed by atoms with Crippen LogP contribution in [0.5, 0.6) is 0 Å². The van der Waals surface area contributed by atoms with Crippen LogP contribution in [0.1, 0.15) is 10.4 Å². The Morgan fingerprint density at radius 2 is 1.90 bits per heavy atom. The van der Waals surface area contributed by atoms with Crippen molar-refractivity contribution < 1.29 is 4.79 Å². The molecule has 4 aromatic rings. The Labute approximate surface area is 166 Å². The van der Waals surface area contributed by atoms with E-state index in [1.54, 1.807) is 18.5 Å². The molecule has 1 amide bonds. The van der Waals surface area contributed by atoms with E-state index in [0.29, 0.717) is 25.2 Å². The lowest BCUT2D eigenvalue weighted by molar-refractivity contribution is 0.0459. The van der Waals surface area contributed by atoms with Crippen molar-refractivity contribution in [2.45, 2.75) is 6.54 Å². The van der Waals surface area contributed by atoms with Crippen LogP contribution in [0.3, 0.4) is 0 Å². The minimum atomic E-state index is -0.133. The maximum atomic E-state index is 12.7. The van der Waals surface area contributed by atoms with Crippen LogP contribution in [-0.2, 0) is 6.54 Å². The molecule has 29 heavy (non-hydrogen) atoms. The predicted molar refractivity (Wildman–Crippen MR) is 109 cm³/mol. The van der Waals surface area contributed by atoms with E-state index in [1.807, 2.05) is 58.1 Å². The number of aromatic nitrogens is 4. The zero-order valence-corrected chi connectivity index (χ0v) is 15.7. The molecule has 7 heteroatoms. The lowest BCUT2D eigenvalue weighted by Gasteiger charge is -2.39. The minimum Gasteiger partial charge on any atom is -0.338 e. The maximum absolute atomic E-state index is 12.7. The molecule has 0 atom stereocenters. The molecule has 0 aromatic carbocycles. The van der Waals surface area contributed by atoms with Crippen LogP contribution in [0.25, 0.3) is 16.8 Å². The number of likely N-dealkylation sites (tertiary alicyclic amines) is 1. The average molecular weight is 385 g/mol. The second kappa shape index (κ2) is 7.01. The Morgan fingerprint density at radius 3 is 2.69 bits per heavy atom. The summed E-state index contributed by atoms with van der Waals surface area (Å²) < 4.78 is 3.44. The fourth-order valence-corrected chi connectivity index (χ4v) is 3.71. The van der Waals surface area contributed by atoms with Crippen molar-refractivity contribution in [3.63, 3.8) is 0 Å². The van der Waals surface area contributed by atoms with Gasteiger partial charge in [-0.2, -0.15) is 5.10 Å². The number of carbonyl (C=O) groups excluding carboxylic acids is 1. The first-order valence-corrected chi connectivity index (χ1v) is 9.52. The fourth-order valence-electron chi connectivity index (χ4n) is 3.71. The molecule has 7 nitrogen and oxygen atoms in total. The van der Waals surface area contributed by atoms with Gasteiger partial charge in [0, 0.05) is 60.9 Å². The van der Waals surface area contributed by atoms with E-state index >= 15 is 0 Å². The number of carbonyl (C=O) groups is 1. The lowest BCUT2D eigenvalue weighted by Crippen LogP contribution is -2.52. The first-order chi connectivity index (χ1) is 14.2. The van der Waals surface area contributed by atoms with Gasteiger partial charge in [0.25, 0.3) is 11.5 Å². The molecule has 0 saturated carbocycles. The molecular formula is C22H19N5O2. The smallest absolute Gasteiger partial charge is 0.266 e. The van der Waals surface area contributed by atoms with Crippen LogP contribution in [0.4, 0.5) is 0 Å². The molecule has 1 aliphatic heterocycles. The number of rotatable bonds is 4. The molecule has 1 saturated heterocycles. The second-order valence-corrected chi connectivity index (χ2v) is 7.31. The van der Waals surface area contributed by atoms with Gasteiger partial charge in [0.2, 0.25) is 0 Å². The molecule has 1 fully saturated rings. The van der Waals surface area contributed by atoms with Gasteiger partial charge < -0.3 is 9.30 Å². The van der Waals surface area contributed by atoms with E-state index < -0.39 is 0 Å². The number of nitrogens with zero attached hydrogens (tertiary/aromatic N) is 5. The third-order valence-electron chi connectivity index (χ3n) is 5.27. The van der Waals surface area contributed by atoms with Gasteiger partial charge in [0.15, 0.2) is 0 Å². The summed E-state index contributed by atoms with van der Waals surface area (Å²) in [6, 6.07) is 14.8. The highest BCUT2D eigenvalue weighted by molar-refractivity contribution is 5.96. The topological polar surface area (TPSA) is 72.5 Å². The number of hydrogen-bond acceptors (Lipinski definition) is 4.